The van der Waals surface area contributed by atoms with Gasteiger partial charge in [-0.3, -0.25) is 0 Å². The molecule has 1 heterocycles. The van der Waals surface area contributed by atoms with Gasteiger partial charge >= 0.3 is 12.1 Å². The van der Waals surface area contributed by atoms with Gasteiger partial charge in [0.25, 0.3) is 0 Å². The second kappa shape index (κ2) is 4.04. The zero-order valence-electron chi connectivity index (χ0n) is 8.81. The third-order valence-corrected chi connectivity index (χ3v) is 2.80. The van der Waals surface area contributed by atoms with Crippen LogP contribution in [0.25, 0.3) is 0 Å². The van der Waals surface area contributed by atoms with Gasteiger partial charge in [-0.1, -0.05) is 0 Å². The summed E-state index contributed by atoms with van der Waals surface area (Å²) in [6.45, 7) is 0.402. The Hall–Kier alpha value is -2.11. The number of nitrogens with zero attached hydrogens (tertiary/aromatic N) is 1. The maximum Gasteiger partial charge on any atom is 0.407 e. The molecular formula is C11H10FNO4. The summed E-state index contributed by atoms with van der Waals surface area (Å²) < 4.78 is 13.4. The van der Waals surface area contributed by atoms with E-state index in [1.165, 1.54) is 17.0 Å². The minimum Gasteiger partial charge on any atom is -0.478 e. The van der Waals surface area contributed by atoms with Crippen molar-refractivity contribution < 1.29 is 24.2 Å². The second-order valence-electron chi connectivity index (χ2n) is 3.86. The zero-order chi connectivity index (χ0) is 12.6. The summed E-state index contributed by atoms with van der Waals surface area (Å²) in [4.78, 5) is 22.7. The highest BCUT2D eigenvalue weighted by Gasteiger charge is 2.23. The fourth-order valence-electron chi connectivity index (χ4n) is 1.91. The topological polar surface area (TPSA) is 77.8 Å². The number of halogens is 1. The number of carboxylic acids is 1. The van der Waals surface area contributed by atoms with Crippen LogP contribution in [0.2, 0.25) is 0 Å². The van der Waals surface area contributed by atoms with Crippen LogP contribution < -0.4 is 0 Å². The summed E-state index contributed by atoms with van der Waals surface area (Å²) in [5.41, 5.74) is 0.804. The number of aromatic carboxylic acids is 1. The van der Waals surface area contributed by atoms with Crippen molar-refractivity contribution in [1.82, 2.24) is 4.90 Å². The maximum absolute atomic E-state index is 13.4. The maximum atomic E-state index is 13.4. The van der Waals surface area contributed by atoms with Gasteiger partial charge in [0.1, 0.15) is 5.82 Å². The Bertz CT molecular complexity index is 500. The predicted octanol–water partition coefficient (Wildman–Crippen LogP) is 1.56. The molecule has 0 fully saturated rings. The predicted molar refractivity (Wildman–Crippen MR) is 55.5 cm³/mol. The van der Waals surface area contributed by atoms with Gasteiger partial charge in [0, 0.05) is 13.1 Å². The van der Waals surface area contributed by atoms with Gasteiger partial charge in [0.2, 0.25) is 0 Å². The quantitative estimate of drug-likeness (QED) is 0.779. The van der Waals surface area contributed by atoms with Crippen LogP contribution in [0.15, 0.2) is 12.1 Å². The van der Waals surface area contributed by atoms with E-state index < -0.39 is 23.4 Å². The molecule has 1 aromatic rings. The van der Waals surface area contributed by atoms with Crippen LogP contribution >= 0.6 is 0 Å². The number of carboxylic acid groups (broad SMARTS) is 2. The fraction of sp³-hybridized carbons (Fsp3) is 0.273. The first-order valence-corrected chi connectivity index (χ1v) is 5.01. The van der Waals surface area contributed by atoms with E-state index in [0.29, 0.717) is 24.1 Å². The Kier molecular flexibility index (Phi) is 2.71. The molecular weight excluding hydrogens is 229 g/mol. The van der Waals surface area contributed by atoms with Gasteiger partial charge in [0.05, 0.1) is 5.56 Å². The average molecular weight is 239 g/mol. The van der Waals surface area contributed by atoms with Crippen LogP contribution in [0.3, 0.4) is 0 Å². The molecule has 1 aliphatic heterocycles. The van der Waals surface area contributed by atoms with Crippen LogP contribution in [0.4, 0.5) is 9.18 Å². The minimum atomic E-state index is -1.35. The Balaban J connectivity index is 2.40. The Morgan fingerprint density at radius 1 is 1.24 bits per heavy atom. The highest BCUT2D eigenvalue weighted by atomic mass is 19.1. The number of rotatable bonds is 1. The molecule has 17 heavy (non-hydrogen) atoms. The Morgan fingerprint density at radius 3 is 2.53 bits per heavy atom. The number of amides is 1. The summed E-state index contributed by atoms with van der Waals surface area (Å²) in [7, 11) is 0. The molecule has 1 amide bonds. The molecule has 0 atom stereocenters. The molecule has 0 aromatic heterocycles. The molecule has 90 valence electrons. The SMILES string of the molecule is O=C(O)c1cc2c(cc1F)CCN(C(=O)O)C2. The van der Waals surface area contributed by atoms with Crippen molar-refractivity contribution in [3.8, 4) is 0 Å². The molecule has 0 saturated carbocycles. The highest BCUT2D eigenvalue weighted by molar-refractivity contribution is 5.88. The van der Waals surface area contributed by atoms with Crippen molar-refractivity contribution in [1.29, 1.82) is 0 Å². The van der Waals surface area contributed by atoms with E-state index in [1.807, 2.05) is 0 Å². The largest absolute Gasteiger partial charge is 0.478 e. The average Bonchev–Trinajstić information content (AvgIpc) is 2.27. The van der Waals surface area contributed by atoms with Crippen LogP contribution in [0.1, 0.15) is 21.5 Å². The first-order chi connectivity index (χ1) is 7.99. The summed E-state index contributed by atoms with van der Waals surface area (Å²) >= 11 is 0. The summed E-state index contributed by atoms with van der Waals surface area (Å²) in [6, 6.07) is 2.39. The number of hydrogen-bond acceptors (Lipinski definition) is 2. The lowest BCUT2D eigenvalue weighted by Crippen LogP contribution is -2.35. The van der Waals surface area contributed by atoms with E-state index >= 15 is 0 Å². The monoisotopic (exact) mass is 239 g/mol. The molecule has 6 heteroatoms. The van der Waals surface area contributed by atoms with Gasteiger partial charge in [-0.25, -0.2) is 14.0 Å². The molecule has 1 aliphatic rings. The Morgan fingerprint density at radius 2 is 1.94 bits per heavy atom. The Labute approximate surface area is 96.1 Å². The van der Waals surface area contributed by atoms with Gasteiger partial charge in [-0.2, -0.15) is 0 Å². The van der Waals surface area contributed by atoms with Crippen molar-refractivity contribution in [2.45, 2.75) is 13.0 Å². The molecule has 0 aliphatic carbocycles. The van der Waals surface area contributed by atoms with E-state index in [0.717, 1.165) is 0 Å². The molecule has 5 nitrogen and oxygen atoms in total. The zero-order valence-corrected chi connectivity index (χ0v) is 8.81. The standard InChI is InChI=1S/C11H10FNO4/c12-9-4-6-1-2-13(11(16)17)5-7(6)3-8(9)10(14)15/h3-4H,1-2,5H2,(H,14,15)(H,16,17). The first-order valence-electron chi connectivity index (χ1n) is 5.01. The van der Waals surface area contributed by atoms with E-state index in [4.69, 9.17) is 10.2 Å². The third kappa shape index (κ3) is 2.06. The normalized spacial score (nSPS) is 14.3. The van der Waals surface area contributed by atoms with E-state index in [9.17, 15) is 14.0 Å². The van der Waals surface area contributed by atoms with Crippen molar-refractivity contribution in [2.75, 3.05) is 6.54 Å². The van der Waals surface area contributed by atoms with Crippen LogP contribution in [0, 0.1) is 5.82 Å². The van der Waals surface area contributed by atoms with E-state index in [1.54, 1.807) is 0 Å². The van der Waals surface area contributed by atoms with Crippen LogP contribution in [0.5, 0.6) is 0 Å². The van der Waals surface area contributed by atoms with Gasteiger partial charge in [-0.05, 0) is 29.7 Å². The molecule has 0 bridgehead atoms. The van der Waals surface area contributed by atoms with Crippen molar-refractivity contribution in [3.05, 3.63) is 34.6 Å². The first kappa shape index (κ1) is 11.4. The van der Waals surface area contributed by atoms with Crippen molar-refractivity contribution in [3.63, 3.8) is 0 Å². The van der Waals surface area contributed by atoms with Crippen molar-refractivity contribution >= 4 is 12.1 Å². The lowest BCUT2D eigenvalue weighted by molar-refractivity contribution is 0.0691. The number of hydrogen-bond donors (Lipinski definition) is 2. The van der Waals surface area contributed by atoms with Crippen molar-refractivity contribution in [2.24, 2.45) is 0 Å². The van der Waals surface area contributed by atoms with Gasteiger partial charge < -0.3 is 15.1 Å². The molecule has 0 spiro atoms. The summed E-state index contributed by atoms with van der Waals surface area (Å²) in [5.74, 6) is -2.13. The lowest BCUT2D eigenvalue weighted by atomic mass is 9.97. The van der Waals surface area contributed by atoms with E-state index in [-0.39, 0.29) is 6.54 Å². The van der Waals surface area contributed by atoms with Crippen LogP contribution in [-0.2, 0) is 13.0 Å². The smallest absolute Gasteiger partial charge is 0.407 e. The summed E-state index contributed by atoms with van der Waals surface area (Å²) in [5, 5.41) is 17.6. The molecule has 2 rings (SSSR count). The number of benzene rings is 1. The summed E-state index contributed by atoms with van der Waals surface area (Å²) in [6.07, 6.45) is -0.657. The van der Waals surface area contributed by atoms with Gasteiger partial charge in [-0.15, -0.1) is 0 Å². The molecule has 0 saturated heterocycles. The molecule has 0 unspecified atom stereocenters. The highest BCUT2D eigenvalue weighted by Crippen LogP contribution is 2.22. The van der Waals surface area contributed by atoms with E-state index in [2.05, 4.69) is 0 Å². The number of carbonyl (C=O) groups is 2. The fourth-order valence-corrected chi connectivity index (χ4v) is 1.91. The third-order valence-electron chi connectivity index (χ3n) is 2.80. The molecule has 0 radical (unpaired) electrons. The lowest BCUT2D eigenvalue weighted by Gasteiger charge is -2.26. The van der Waals surface area contributed by atoms with Gasteiger partial charge in [0.15, 0.2) is 0 Å². The minimum absolute atomic E-state index is 0.102. The number of fused-ring (bicyclic) bond motifs is 1. The molecule has 2 N–H and O–H groups in total. The second-order valence-corrected chi connectivity index (χ2v) is 3.86. The van der Waals surface area contributed by atoms with Crippen LogP contribution in [-0.4, -0.2) is 33.7 Å². The molecule has 1 aromatic carbocycles.